The van der Waals surface area contributed by atoms with Crippen molar-refractivity contribution in [1.29, 1.82) is 0 Å². The summed E-state index contributed by atoms with van der Waals surface area (Å²) in [5.74, 6) is -4.08. The first-order valence-corrected chi connectivity index (χ1v) is 13.0. The van der Waals surface area contributed by atoms with E-state index in [1.165, 1.54) is 24.3 Å². The van der Waals surface area contributed by atoms with Gasteiger partial charge in [-0.25, -0.2) is 4.79 Å². The summed E-state index contributed by atoms with van der Waals surface area (Å²) in [6, 6.07) is 11.2. The van der Waals surface area contributed by atoms with Crippen molar-refractivity contribution in [3.8, 4) is 45.8 Å². The number of esters is 1. The molecule has 1 aliphatic heterocycles. The molecule has 0 aliphatic carbocycles. The third-order valence-electron chi connectivity index (χ3n) is 6.75. The summed E-state index contributed by atoms with van der Waals surface area (Å²) in [4.78, 5) is 25.8. The van der Waals surface area contributed by atoms with E-state index < -0.39 is 82.8 Å². The molecule has 8 N–H and O–H groups in total. The highest BCUT2D eigenvalue weighted by atomic mass is 16.7. The maximum absolute atomic E-state index is 13.6. The number of hydrogen-bond acceptors (Lipinski definition) is 14. The Balaban J connectivity index is 1.43. The summed E-state index contributed by atoms with van der Waals surface area (Å²) in [5, 5.41) is 80.6. The Morgan fingerprint density at radius 3 is 2.25 bits per heavy atom. The third kappa shape index (κ3) is 6.09. The highest BCUT2D eigenvalue weighted by Gasteiger charge is 2.46. The highest BCUT2D eigenvalue weighted by molar-refractivity contribution is 5.88. The first-order valence-electron chi connectivity index (χ1n) is 13.0. The second-order valence-electron chi connectivity index (χ2n) is 9.82. The standard InChI is InChI=1S/C30H26O14/c31-15-5-1-13(2-6-15)3-8-22(36)41-12-21-24(37)26(39)27(40)30(43-21)44-29-25(38)23-19(35)10-16(32)11-20(23)42-28(29)14-4-7-17(33)18(34)9-14/h1-11,21,24,26-27,30-35,37,39-40H,12H2/b8-3+/t21-,24+,26+,27-,30+/m1/s1. The maximum Gasteiger partial charge on any atom is 0.330 e. The predicted molar refractivity (Wildman–Crippen MR) is 150 cm³/mol. The Morgan fingerprint density at radius 2 is 1.55 bits per heavy atom. The van der Waals surface area contributed by atoms with Gasteiger partial charge in [-0.3, -0.25) is 4.79 Å². The smallest absolute Gasteiger partial charge is 0.330 e. The number of hydrogen-bond donors (Lipinski definition) is 8. The molecule has 5 atom stereocenters. The summed E-state index contributed by atoms with van der Waals surface area (Å²) in [5.41, 5.74) is -0.735. The van der Waals surface area contributed by atoms with Gasteiger partial charge in [0.2, 0.25) is 17.5 Å². The number of aromatic hydroxyl groups is 5. The summed E-state index contributed by atoms with van der Waals surface area (Å²) in [6.45, 7) is -0.616. The van der Waals surface area contributed by atoms with Gasteiger partial charge in [0.25, 0.3) is 0 Å². The zero-order valence-electron chi connectivity index (χ0n) is 22.5. The maximum atomic E-state index is 13.6. The Kier molecular flexibility index (Phi) is 8.33. The summed E-state index contributed by atoms with van der Waals surface area (Å²) in [7, 11) is 0. The van der Waals surface area contributed by atoms with Crippen molar-refractivity contribution in [1.82, 2.24) is 0 Å². The first kappa shape index (κ1) is 30.2. The minimum Gasteiger partial charge on any atom is -0.508 e. The van der Waals surface area contributed by atoms with Gasteiger partial charge in [-0.1, -0.05) is 12.1 Å². The van der Waals surface area contributed by atoms with Crippen LogP contribution in [-0.2, 0) is 14.3 Å². The van der Waals surface area contributed by atoms with Crippen LogP contribution in [0.3, 0.4) is 0 Å². The van der Waals surface area contributed by atoms with Crippen molar-refractivity contribution in [2.45, 2.75) is 30.7 Å². The zero-order chi connectivity index (χ0) is 31.7. The molecule has 1 saturated heterocycles. The summed E-state index contributed by atoms with van der Waals surface area (Å²) in [6.07, 6.45) is -6.45. The van der Waals surface area contributed by atoms with Gasteiger partial charge in [-0.2, -0.15) is 0 Å². The summed E-state index contributed by atoms with van der Waals surface area (Å²) < 4.78 is 22.1. The lowest BCUT2D eigenvalue weighted by molar-refractivity contribution is -0.278. The molecule has 4 aromatic rings. The molecular weight excluding hydrogens is 584 g/mol. The zero-order valence-corrected chi connectivity index (χ0v) is 22.5. The SMILES string of the molecule is O=C(/C=C/c1ccc(O)cc1)OC[C@H]1O[C@@H](Oc2c(-c3ccc(O)c(O)c3)oc3cc(O)cc(O)c3c2=O)[C@H](O)[C@@H](O)[C@H]1O. The number of rotatable bonds is 7. The number of benzene rings is 3. The molecule has 1 fully saturated rings. The average Bonchev–Trinajstić information content (AvgIpc) is 2.98. The number of phenolic OH excluding ortho intramolecular Hbond substituents is 5. The van der Waals surface area contributed by atoms with E-state index in [1.54, 1.807) is 12.1 Å². The second kappa shape index (κ2) is 12.1. The molecule has 44 heavy (non-hydrogen) atoms. The van der Waals surface area contributed by atoms with Crippen molar-refractivity contribution in [2.24, 2.45) is 0 Å². The molecule has 0 amide bonds. The van der Waals surface area contributed by atoms with Gasteiger partial charge in [-0.05, 0) is 42.0 Å². The topological polar surface area (TPSA) is 237 Å². The van der Waals surface area contributed by atoms with Crippen molar-refractivity contribution >= 4 is 23.0 Å². The van der Waals surface area contributed by atoms with Crippen molar-refractivity contribution < 1.29 is 64.3 Å². The van der Waals surface area contributed by atoms with Gasteiger partial charge in [0.15, 0.2) is 17.3 Å². The molecule has 0 unspecified atom stereocenters. The highest BCUT2D eigenvalue weighted by Crippen LogP contribution is 2.39. The number of aliphatic hydroxyl groups excluding tert-OH is 3. The number of ether oxygens (including phenoxy) is 3. The second-order valence-corrected chi connectivity index (χ2v) is 9.82. The van der Waals surface area contributed by atoms with Crippen LogP contribution in [0, 0.1) is 0 Å². The number of fused-ring (bicyclic) bond motifs is 1. The molecule has 0 spiro atoms. The van der Waals surface area contributed by atoms with Gasteiger partial charge >= 0.3 is 5.97 Å². The van der Waals surface area contributed by atoms with Gasteiger partial charge in [-0.15, -0.1) is 0 Å². The van der Waals surface area contributed by atoms with E-state index in [1.807, 2.05) is 0 Å². The molecule has 1 aliphatic rings. The van der Waals surface area contributed by atoms with Crippen LogP contribution in [0.4, 0.5) is 0 Å². The van der Waals surface area contributed by atoms with E-state index in [-0.39, 0.29) is 22.7 Å². The lowest BCUT2D eigenvalue weighted by Gasteiger charge is -2.39. The normalized spacial score (nSPS) is 21.8. The van der Waals surface area contributed by atoms with Crippen molar-refractivity contribution in [3.05, 3.63) is 76.5 Å². The molecular formula is C30H26O14. The van der Waals surface area contributed by atoms with Crippen LogP contribution in [-0.4, -0.2) is 84.1 Å². The molecule has 1 aromatic heterocycles. The van der Waals surface area contributed by atoms with Gasteiger partial charge in [0.05, 0.1) is 0 Å². The molecule has 0 radical (unpaired) electrons. The fraction of sp³-hybridized carbons (Fsp3) is 0.200. The Bertz CT molecular complexity index is 1780. The fourth-order valence-corrected chi connectivity index (χ4v) is 4.46. The number of carbonyl (C=O) groups excluding carboxylic acids is 1. The van der Waals surface area contributed by atoms with Crippen LogP contribution in [0.1, 0.15) is 5.56 Å². The molecule has 2 heterocycles. The Morgan fingerprint density at radius 1 is 0.818 bits per heavy atom. The lowest BCUT2D eigenvalue weighted by Crippen LogP contribution is -2.60. The number of aliphatic hydroxyl groups is 3. The minimum absolute atomic E-state index is 0.0195. The van der Waals surface area contributed by atoms with Crippen molar-refractivity contribution in [2.75, 3.05) is 6.61 Å². The van der Waals surface area contributed by atoms with Crippen LogP contribution in [0.25, 0.3) is 28.4 Å². The van der Waals surface area contributed by atoms with Gasteiger partial charge in [0.1, 0.15) is 59.2 Å². The van der Waals surface area contributed by atoms with Crippen molar-refractivity contribution in [3.63, 3.8) is 0 Å². The van der Waals surface area contributed by atoms with E-state index in [2.05, 4.69) is 0 Å². The minimum atomic E-state index is -1.95. The number of phenols is 5. The largest absolute Gasteiger partial charge is 0.508 e. The Labute approximate surface area is 247 Å². The third-order valence-corrected chi connectivity index (χ3v) is 6.75. The lowest BCUT2D eigenvalue weighted by atomic mass is 9.99. The van der Waals surface area contributed by atoms with Crippen LogP contribution < -0.4 is 10.2 Å². The van der Waals surface area contributed by atoms with Crippen LogP contribution in [0.15, 0.2) is 69.9 Å². The van der Waals surface area contributed by atoms with Crippen LogP contribution in [0.5, 0.6) is 34.5 Å². The molecule has 5 rings (SSSR count). The van der Waals surface area contributed by atoms with Gasteiger partial charge in [0, 0.05) is 23.8 Å². The molecule has 0 saturated carbocycles. The molecule has 3 aromatic carbocycles. The first-order chi connectivity index (χ1) is 20.9. The number of carbonyl (C=O) groups is 1. The molecule has 230 valence electrons. The molecule has 14 heteroatoms. The predicted octanol–water partition coefficient (Wildman–Crippen LogP) is 1.43. The quantitative estimate of drug-likeness (QED) is 0.0840. The fourth-order valence-electron chi connectivity index (χ4n) is 4.46. The van der Waals surface area contributed by atoms with E-state index in [4.69, 9.17) is 18.6 Å². The van der Waals surface area contributed by atoms with E-state index in [0.717, 1.165) is 30.3 Å². The average molecular weight is 611 g/mol. The monoisotopic (exact) mass is 610 g/mol. The van der Waals surface area contributed by atoms with Crippen LogP contribution >= 0.6 is 0 Å². The van der Waals surface area contributed by atoms with E-state index in [0.29, 0.717) is 5.56 Å². The van der Waals surface area contributed by atoms with Gasteiger partial charge < -0.3 is 59.5 Å². The van der Waals surface area contributed by atoms with E-state index >= 15 is 0 Å². The van der Waals surface area contributed by atoms with Crippen LogP contribution in [0.2, 0.25) is 0 Å². The van der Waals surface area contributed by atoms with E-state index in [9.17, 15) is 50.4 Å². The molecule has 14 nitrogen and oxygen atoms in total. The Hall–Kier alpha value is -5.28. The molecule has 0 bridgehead atoms. The summed E-state index contributed by atoms with van der Waals surface area (Å²) >= 11 is 0.